The Kier molecular flexibility index (Phi) is 4.94. The lowest BCUT2D eigenvalue weighted by Crippen LogP contribution is -2.08. The van der Waals surface area contributed by atoms with Gasteiger partial charge in [0.1, 0.15) is 5.75 Å². The Morgan fingerprint density at radius 2 is 1.58 bits per heavy atom. The number of methoxy groups -OCH3 is 1. The second-order valence-electron chi connectivity index (χ2n) is 6.18. The third kappa shape index (κ3) is 3.26. The first kappa shape index (κ1) is 17.5. The molecule has 1 heterocycles. The number of carbonyl (C=O) groups is 1. The molecule has 3 aromatic rings. The van der Waals surface area contributed by atoms with E-state index in [9.17, 15) is 9.90 Å². The van der Waals surface area contributed by atoms with E-state index in [0.717, 1.165) is 28.3 Å². The topological polar surface area (TPSA) is 51.5 Å². The molecule has 0 aliphatic carbocycles. The number of aliphatic carboxylic acids is 1. The lowest BCUT2D eigenvalue weighted by atomic mass is 10.1. The molecule has 0 aliphatic heterocycles. The van der Waals surface area contributed by atoms with E-state index in [1.54, 1.807) is 7.11 Å². The number of nitrogens with zero attached hydrogens (tertiary/aromatic N) is 1. The van der Waals surface area contributed by atoms with Gasteiger partial charge < -0.3 is 14.4 Å². The zero-order valence-electron chi connectivity index (χ0n) is 15.1. The molecule has 0 atom stereocenters. The van der Waals surface area contributed by atoms with Crippen molar-refractivity contribution < 1.29 is 14.6 Å². The third-order valence-electron chi connectivity index (χ3n) is 4.25. The van der Waals surface area contributed by atoms with Crippen LogP contribution in [0.3, 0.4) is 0 Å². The molecular formula is C22H21NO3. The van der Waals surface area contributed by atoms with Crippen molar-refractivity contribution in [2.75, 3.05) is 7.11 Å². The molecule has 0 radical (unpaired) electrons. The zero-order chi connectivity index (χ0) is 18.7. The fraction of sp³-hybridized carbons (Fsp3) is 0.136. The average molecular weight is 347 g/mol. The average Bonchev–Trinajstić information content (AvgIpc) is 3.06. The van der Waals surface area contributed by atoms with Crippen molar-refractivity contribution in [3.63, 3.8) is 0 Å². The number of hydrogen-bond donors (Lipinski definition) is 1. The van der Waals surface area contributed by atoms with Gasteiger partial charge >= 0.3 is 5.97 Å². The zero-order valence-corrected chi connectivity index (χ0v) is 15.1. The maximum absolute atomic E-state index is 11.9. The highest BCUT2D eigenvalue weighted by Gasteiger charge is 2.20. The molecule has 0 amide bonds. The van der Waals surface area contributed by atoms with Crippen molar-refractivity contribution in [2.24, 2.45) is 0 Å². The van der Waals surface area contributed by atoms with Crippen LogP contribution in [0.2, 0.25) is 0 Å². The van der Waals surface area contributed by atoms with Gasteiger partial charge in [0, 0.05) is 5.69 Å². The molecule has 4 nitrogen and oxygen atoms in total. The summed E-state index contributed by atoms with van der Waals surface area (Å²) >= 11 is 0. The van der Waals surface area contributed by atoms with Gasteiger partial charge in [0.15, 0.2) is 0 Å². The van der Waals surface area contributed by atoms with Gasteiger partial charge in [-0.1, -0.05) is 35.9 Å². The largest absolute Gasteiger partial charge is 0.497 e. The summed E-state index contributed by atoms with van der Waals surface area (Å²) in [4.78, 5) is 11.9. The van der Waals surface area contributed by atoms with Crippen LogP contribution in [0.25, 0.3) is 22.5 Å². The summed E-state index contributed by atoms with van der Waals surface area (Å²) in [7, 11) is 1.62. The van der Waals surface area contributed by atoms with Crippen molar-refractivity contribution in [1.29, 1.82) is 0 Å². The Morgan fingerprint density at radius 3 is 2.12 bits per heavy atom. The van der Waals surface area contributed by atoms with Crippen LogP contribution in [-0.2, 0) is 4.79 Å². The lowest BCUT2D eigenvalue weighted by molar-refractivity contribution is -0.130. The molecule has 4 heteroatoms. The van der Waals surface area contributed by atoms with Crippen LogP contribution in [0.15, 0.2) is 72.3 Å². The molecule has 1 N–H and O–H groups in total. The minimum Gasteiger partial charge on any atom is -0.497 e. The van der Waals surface area contributed by atoms with Gasteiger partial charge in [-0.15, -0.1) is 0 Å². The third-order valence-corrected chi connectivity index (χ3v) is 4.25. The highest BCUT2D eigenvalue weighted by atomic mass is 16.5. The van der Waals surface area contributed by atoms with Gasteiger partial charge in [-0.2, -0.15) is 0 Å². The van der Waals surface area contributed by atoms with E-state index < -0.39 is 5.97 Å². The molecule has 132 valence electrons. The molecule has 0 saturated heterocycles. The molecule has 2 aromatic carbocycles. The van der Waals surface area contributed by atoms with E-state index in [1.807, 2.05) is 85.1 Å². The molecular weight excluding hydrogens is 326 g/mol. The molecule has 0 fully saturated rings. The second kappa shape index (κ2) is 7.31. The Hall–Kier alpha value is -3.27. The predicted molar refractivity (Wildman–Crippen MR) is 104 cm³/mol. The van der Waals surface area contributed by atoms with Crippen molar-refractivity contribution in [3.8, 4) is 22.7 Å². The normalized spacial score (nSPS) is 10.4. The molecule has 0 aliphatic rings. The maximum Gasteiger partial charge on any atom is 0.337 e. The first-order valence-corrected chi connectivity index (χ1v) is 8.35. The number of benzene rings is 2. The van der Waals surface area contributed by atoms with Crippen LogP contribution in [0.1, 0.15) is 19.5 Å². The highest BCUT2D eigenvalue weighted by Crippen LogP contribution is 2.32. The van der Waals surface area contributed by atoms with Crippen LogP contribution in [-0.4, -0.2) is 22.8 Å². The van der Waals surface area contributed by atoms with Gasteiger partial charge in [-0.3, -0.25) is 0 Å². The van der Waals surface area contributed by atoms with Crippen molar-refractivity contribution in [1.82, 2.24) is 4.57 Å². The number of ether oxygens (including phenoxy) is 1. The summed E-state index contributed by atoms with van der Waals surface area (Å²) in [6, 6.07) is 21.4. The van der Waals surface area contributed by atoms with Crippen LogP contribution < -0.4 is 4.74 Å². The van der Waals surface area contributed by atoms with Crippen LogP contribution in [0.5, 0.6) is 5.75 Å². The van der Waals surface area contributed by atoms with Gasteiger partial charge in [0.05, 0.1) is 24.1 Å². The Balaban J connectivity index is 2.28. The van der Waals surface area contributed by atoms with Crippen LogP contribution in [0, 0.1) is 0 Å². The monoisotopic (exact) mass is 347 g/mol. The van der Waals surface area contributed by atoms with Gasteiger partial charge in [0.2, 0.25) is 0 Å². The number of carboxylic acids is 1. The summed E-state index contributed by atoms with van der Waals surface area (Å²) in [5, 5.41) is 9.74. The van der Waals surface area contributed by atoms with Gasteiger partial charge in [0.25, 0.3) is 0 Å². The van der Waals surface area contributed by atoms with Crippen molar-refractivity contribution >= 4 is 11.5 Å². The molecule has 3 rings (SSSR count). The van der Waals surface area contributed by atoms with E-state index in [-0.39, 0.29) is 0 Å². The molecule has 1 aromatic heterocycles. The quantitative estimate of drug-likeness (QED) is 0.659. The summed E-state index contributed by atoms with van der Waals surface area (Å²) in [5.41, 5.74) is 4.55. The molecule has 0 saturated carbocycles. The summed E-state index contributed by atoms with van der Waals surface area (Å²) < 4.78 is 7.22. The second-order valence-corrected chi connectivity index (χ2v) is 6.18. The first-order chi connectivity index (χ1) is 12.5. The minimum absolute atomic E-state index is 0.308. The number of carboxylic acid groups (broad SMARTS) is 1. The van der Waals surface area contributed by atoms with Crippen LogP contribution in [0.4, 0.5) is 0 Å². The smallest absolute Gasteiger partial charge is 0.337 e. The number of rotatable bonds is 5. The SMILES string of the molecule is COc1ccc(-n2c(C(C(=O)O)=C(C)C)ccc2-c2ccccc2)cc1. The van der Waals surface area contributed by atoms with Crippen molar-refractivity contribution in [3.05, 3.63) is 78.0 Å². The Bertz CT molecular complexity index is 947. The molecule has 0 spiro atoms. The van der Waals surface area contributed by atoms with E-state index in [4.69, 9.17) is 4.74 Å². The summed E-state index contributed by atoms with van der Waals surface area (Å²) in [5.74, 6) is -0.179. The lowest BCUT2D eigenvalue weighted by Gasteiger charge is -2.16. The van der Waals surface area contributed by atoms with Crippen molar-refractivity contribution in [2.45, 2.75) is 13.8 Å². The van der Waals surface area contributed by atoms with Gasteiger partial charge in [-0.05, 0) is 55.8 Å². The molecule has 0 unspecified atom stereocenters. The summed E-state index contributed by atoms with van der Waals surface area (Å²) in [6.45, 7) is 3.63. The molecule has 26 heavy (non-hydrogen) atoms. The molecule has 0 bridgehead atoms. The number of hydrogen-bond acceptors (Lipinski definition) is 2. The van der Waals surface area contributed by atoms with E-state index in [0.29, 0.717) is 11.3 Å². The minimum atomic E-state index is -0.933. The maximum atomic E-state index is 11.9. The Morgan fingerprint density at radius 1 is 0.923 bits per heavy atom. The van der Waals surface area contributed by atoms with E-state index in [2.05, 4.69) is 0 Å². The van der Waals surface area contributed by atoms with Gasteiger partial charge in [-0.25, -0.2) is 4.79 Å². The number of allylic oxidation sites excluding steroid dienone is 1. The van der Waals surface area contributed by atoms with E-state index in [1.165, 1.54) is 0 Å². The summed E-state index contributed by atoms with van der Waals surface area (Å²) in [6.07, 6.45) is 0. The fourth-order valence-corrected chi connectivity index (χ4v) is 3.06. The van der Waals surface area contributed by atoms with E-state index >= 15 is 0 Å². The first-order valence-electron chi connectivity index (χ1n) is 8.35. The Labute approximate surface area is 153 Å². The predicted octanol–water partition coefficient (Wildman–Crippen LogP) is 5.03. The standard InChI is InChI=1S/C22H21NO3/c1-15(2)21(22(24)25)20-14-13-19(16-7-5-4-6-8-16)23(20)17-9-11-18(26-3)12-10-17/h4-14H,1-3H3,(H,24,25). The number of aromatic nitrogens is 1. The van der Waals surface area contributed by atoms with Crippen LogP contribution >= 0.6 is 0 Å². The highest BCUT2D eigenvalue weighted by molar-refractivity contribution is 6.16. The fourth-order valence-electron chi connectivity index (χ4n) is 3.06.